The summed E-state index contributed by atoms with van der Waals surface area (Å²) >= 11 is 1.80. The molecule has 21 heavy (non-hydrogen) atoms. The Balaban J connectivity index is 1.87. The number of hydrogen-bond acceptors (Lipinski definition) is 3. The quantitative estimate of drug-likeness (QED) is 0.627. The van der Waals surface area contributed by atoms with E-state index in [0.29, 0.717) is 13.0 Å². The molecule has 116 valence electrons. The average molecular weight is 308 g/mol. The molecule has 2 heterocycles. The van der Waals surface area contributed by atoms with Crippen molar-refractivity contribution < 1.29 is 4.79 Å². The van der Waals surface area contributed by atoms with Gasteiger partial charge < -0.3 is 14.7 Å². The first-order valence-electron chi connectivity index (χ1n) is 7.21. The maximum absolute atomic E-state index is 12.3. The highest BCUT2D eigenvalue weighted by atomic mass is 32.1. The van der Waals surface area contributed by atoms with Crippen LogP contribution in [0.3, 0.4) is 0 Å². The lowest BCUT2D eigenvalue weighted by atomic mass is 10.1. The first kappa shape index (κ1) is 15.8. The Kier molecular flexibility index (Phi) is 5.22. The third-order valence-electron chi connectivity index (χ3n) is 3.54. The Bertz CT molecular complexity index is 511. The number of thiophene rings is 1. The Hall–Kier alpha value is -1.56. The summed E-state index contributed by atoms with van der Waals surface area (Å²) in [7, 11) is 7.85. The zero-order chi connectivity index (χ0) is 15.4. The van der Waals surface area contributed by atoms with Crippen molar-refractivity contribution in [1.29, 1.82) is 0 Å². The summed E-state index contributed by atoms with van der Waals surface area (Å²) < 4.78 is 0. The summed E-state index contributed by atoms with van der Waals surface area (Å²) in [6.45, 7) is 2.14. The van der Waals surface area contributed by atoms with Crippen molar-refractivity contribution in [2.75, 3.05) is 41.3 Å². The minimum Gasteiger partial charge on any atom is -0.349 e. The molecule has 0 saturated carbocycles. The van der Waals surface area contributed by atoms with Crippen molar-refractivity contribution in [3.05, 3.63) is 21.9 Å². The van der Waals surface area contributed by atoms with Crippen LogP contribution >= 0.6 is 11.3 Å². The van der Waals surface area contributed by atoms with Crippen molar-refractivity contribution in [2.45, 2.75) is 19.4 Å². The minimum absolute atomic E-state index is 0.201. The van der Waals surface area contributed by atoms with E-state index < -0.39 is 0 Å². The molecule has 0 bridgehead atoms. The van der Waals surface area contributed by atoms with E-state index in [2.05, 4.69) is 16.4 Å². The summed E-state index contributed by atoms with van der Waals surface area (Å²) in [6.07, 6.45) is 1.47. The van der Waals surface area contributed by atoms with Crippen LogP contribution in [0.1, 0.15) is 16.9 Å². The third-order valence-corrected chi connectivity index (χ3v) is 4.56. The molecule has 0 spiro atoms. The van der Waals surface area contributed by atoms with E-state index in [1.54, 1.807) is 11.3 Å². The molecule has 0 fully saturated rings. The van der Waals surface area contributed by atoms with Crippen LogP contribution in [0.4, 0.5) is 0 Å². The van der Waals surface area contributed by atoms with Crippen LogP contribution in [0.2, 0.25) is 0 Å². The Labute approximate surface area is 130 Å². The van der Waals surface area contributed by atoms with Crippen LogP contribution in [0, 0.1) is 0 Å². The smallest absolute Gasteiger partial charge is 0.224 e. The molecule has 1 aromatic rings. The number of carbonyl (C=O) groups is 1. The van der Waals surface area contributed by atoms with E-state index >= 15 is 0 Å². The Morgan fingerprint density at radius 2 is 2.05 bits per heavy atom. The highest BCUT2D eigenvalue weighted by Crippen LogP contribution is 2.24. The van der Waals surface area contributed by atoms with Gasteiger partial charge in [-0.1, -0.05) is 0 Å². The number of amides is 1. The molecule has 2 rings (SSSR count). The van der Waals surface area contributed by atoms with Gasteiger partial charge in [-0.15, -0.1) is 11.3 Å². The zero-order valence-corrected chi connectivity index (χ0v) is 14.1. The van der Waals surface area contributed by atoms with Gasteiger partial charge in [-0.3, -0.25) is 9.79 Å². The number of fused-ring (bicyclic) bond motifs is 1. The molecule has 6 heteroatoms. The highest BCUT2D eigenvalue weighted by molar-refractivity contribution is 7.10. The number of hydrogen-bond donors (Lipinski definition) is 0. The van der Waals surface area contributed by atoms with E-state index in [4.69, 9.17) is 0 Å². The molecule has 1 aromatic heterocycles. The number of aliphatic imine (C=N–C) groups is 1. The summed E-state index contributed by atoms with van der Waals surface area (Å²) in [5.41, 5.74) is 1.31. The SMILES string of the molecule is CN(C)C(=NCCC(=O)N1CCc2sccc2C1)N(C)C. The van der Waals surface area contributed by atoms with Crippen molar-refractivity contribution in [3.63, 3.8) is 0 Å². The van der Waals surface area contributed by atoms with Crippen LogP contribution in [0.5, 0.6) is 0 Å². The van der Waals surface area contributed by atoms with Crippen LogP contribution in [-0.4, -0.2) is 67.8 Å². The minimum atomic E-state index is 0.201. The molecular weight excluding hydrogens is 284 g/mol. The lowest BCUT2D eigenvalue weighted by Crippen LogP contribution is -2.37. The molecule has 1 aliphatic rings. The number of rotatable bonds is 3. The fourth-order valence-electron chi connectivity index (χ4n) is 2.55. The monoisotopic (exact) mass is 308 g/mol. The second-order valence-electron chi connectivity index (χ2n) is 5.65. The fourth-order valence-corrected chi connectivity index (χ4v) is 3.44. The van der Waals surface area contributed by atoms with Gasteiger partial charge in [0, 0.05) is 52.6 Å². The lowest BCUT2D eigenvalue weighted by Gasteiger charge is -2.27. The molecule has 0 aliphatic carbocycles. The Morgan fingerprint density at radius 3 is 2.71 bits per heavy atom. The molecular formula is C15H24N4OS. The van der Waals surface area contributed by atoms with Gasteiger partial charge >= 0.3 is 0 Å². The van der Waals surface area contributed by atoms with Gasteiger partial charge in [0.15, 0.2) is 5.96 Å². The lowest BCUT2D eigenvalue weighted by molar-refractivity contribution is -0.131. The second-order valence-corrected chi connectivity index (χ2v) is 6.66. The maximum Gasteiger partial charge on any atom is 0.224 e. The highest BCUT2D eigenvalue weighted by Gasteiger charge is 2.20. The summed E-state index contributed by atoms with van der Waals surface area (Å²) in [5, 5.41) is 2.11. The fraction of sp³-hybridized carbons (Fsp3) is 0.600. The Morgan fingerprint density at radius 1 is 1.33 bits per heavy atom. The van der Waals surface area contributed by atoms with Gasteiger partial charge in [0.2, 0.25) is 5.91 Å². The average Bonchev–Trinajstić information content (AvgIpc) is 2.89. The second kappa shape index (κ2) is 6.93. The molecule has 0 N–H and O–H groups in total. The van der Waals surface area contributed by atoms with E-state index in [1.807, 2.05) is 42.9 Å². The molecule has 0 aromatic carbocycles. The van der Waals surface area contributed by atoms with Gasteiger partial charge in [-0.05, 0) is 23.4 Å². The topological polar surface area (TPSA) is 39.2 Å². The van der Waals surface area contributed by atoms with Gasteiger partial charge in [-0.2, -0.15) is 0 Å². The van der Waals surface area contributed by atoms with Gasteiger partial charge in [0.25, 0.3) is 0 Å². The van der Waals surface area contributed by atoms with Crippen LogP contribution < -0.4 is 0 Å². The van der Waals surface area contributed by atoms with Gasteiger partial charge in [-0.25, -0.2) is 0 Å². The first-order chi connectivity index (χ1) is 9.99. The van der Waals surface area contributed by atoms with E-state index in [1.165, 1.54) is 10.4 Å². The predicted molar refractivity (Wildman–Crippen MR) is 87.7 cm³/mol. The largest absolute Gasteiger partial charge is 0.349 e. The zero-order valence-electron chi connectivity index (χ0n) is 13.3. The molecule has 1 aliphatic heterocycles. The van der Waals surface area contributed by atoms with Crippen LogP contribution in [0.15, 0.2) is 16.4 Å². The summed E-state index contributed by atoms with van der Waals surface area (Å²) in [4.78, 5) is 24.1. The molecule has 5 nitrogen and oxygen atoms in total. The first-order valence-corrected chi connectivity index (χ1v) is 8.09. The molecule has 0 atom stereocenters. The van der Waals surface area contributed by atoms with E-state index in [0.717, 1.165) is 25.5 Å². The standard InChI is InChI=1S/C15H24N4OS/c1-17(2)15(18(3)4)16-8-5-14(20)19-9-6-13-12(11-19)7-10-21-13/h7,10H,5-6,8-9,11H2,1-4H3. The molecule has 0 saturated heterocycles. The number of nitrogens with zero attached hydrogens (tertiary/aromatic N) is 4. The molecule has 0 radical (unpaired) electrons. The van der Waals surface area contributed by atoms with Crippen molar-refractivity contribution >= 4 is 23.2 Å². The van der Waals surface area contributed by atoms with Crippen LogP contribution in [0.25, 0.3) is 0 Å². The summed E-state index contributed by atoms with van der Waals surface area (Å²) in [6, 6.07) is 2.13. The van der Waals surface area contributed by atoms with Crippen molar-refractivity contribution in [3.8, 4) is 0 Å². The molecule has 1 amide bonds. The third kappa shape index (κ3) is 3.97. The van der Waals surface area contributed by atoms with E-state index in [-0.39, 0.29) is 5.91 Å². The molecule has 0 unspecified atom stereocenters. The van der Waals surface area contributed by atoms with Crippen LogP contribution in [-0.2, 0) is 17.8 Å². The number of carbonyl (C=O) groups excluding carboxylic acids is 1. The number of guanidine groups is 1. The predicted octanol–water partition coefficient (Wildman–Crippen LogP) is 1.50. The maximum atomic E-state index is 12.3. The van der Waals surface area contributed by atoms with Gasteiger partial charge in [0.1, 0.15) is 0 Å². The van der Waals surface area contributed by atoms with Gasteiger partial charge in [0.05, 0.1) is 6.54 Å². The van der Waals surface area contributed by atoms with Crippen molar-refractivity contribution in [1.82, 2.24) is 14.7 Å². The van der Waals surface area contributed by atoms with Crippen molar-refractivity contribution in [2.24, 2.45) is 4.99 Å². The normalized spacial score (nSPS) is 13.6. The summed E-state index contributed by atoms with van der Waals surface area (Å²) in [5.74, 6) is 1.09. The van der Waals surface area contributed by atoms with E-state index in [9.17, 15) is 4.79 Å².